The maximum Gasteiger partial charge on any atom is 0.317 e. The van der Waals surface area contributed by atoms with Crippen LogP contribution in [0.2, 0.25) is 0 Å². The van der Waals surface area contributed by atoms with Crippen molar-refractivity contribution in [2.75, 3.05) is 49.5 Å². The fraction of sp³-hybridized carbons (Fsp3) is 0.607. The average Bonchev–Trinajstić information content (AvgIpc) is 3.16. The van der Waals surface area contributed by atoms with Gasteiger partial charge in [-0.3, -0.25) is 14.4 Å². The number of carbonyl (C=O) groups is 2. The Balaban J connectivity index is 1.16. The van der Waals surface area contributed by atoms with E-state index in [2.05, 4.69) is 52.7 Å². The summed E-state index contributed by atoms with van der Waals surface area (Å²) in [6.45, 7) is 10.1. The molecule has 2 aliphatic heterocycles. The van der Waals surface area contributed by atoms with E-state index in [1.807, 2.05) is 27.7 Å². The summed E-state index contributed by atoms with van der Waals surface area (Å²) in [5, 5.41) is 11.1. The SMILES string of the molecule is CCCN1CCN(C(=O)NCC2CCC(C(=O)N3Cc4cnn(C)c4Nc4cc(C)ccc43)CC2)CC1. The topological polar surface area (TPSA) is 85.7 Å². The summed E-state index contributed by atoms with van der Waals surface area (Å²) in [7, 11) is 1.92. The average molecular weight is 508 g/mol. The molecule has 1 aromatic heterocycles. The Morgan fingerprint density at radius 2 is 1.86 bits per heavy atom. The van der Waals surface area contributed by atoms with Gasteiger partial charge in [0.2, 0.25) is 5.91 Å². The van der Waals surface area contributed by atoms with Crippen LogP contribution in [0.5, 0.6) is 0 Å². The first-order valence-electron chi connectivity index (χ1n) is 13.9. The molecule has 0 radical (unpaired) electrons. The number of amides is 3. The van der Waals surface area contributed by atoms with Gasteiger partial charge in [-0.25, -0.2) is 4.79 Å². The Bertz CT molecular complexity index is 1110. The first-order valence-corrected chi connectivity index (χ1v) is 13.9. The molecule has 3 amide bonds. The van der Waals surface area contributed by atoms with Crippen LogP contribution in [-0.2, 0) is 18.4 Å². The molecule has 1 saturated heterocycles. The molecule has 0 spiro atoms. The lowest BCUT2D eigenvalue weighted by Crippen LogP contribution is -2.52. The summed E-state index contributed by atoms with van der Waals surface area (Å²) in [5.41, 5.74) is 4.05. The fourth-order valence-electron chi connectivity index (χ4n) is 5.99. The third-order valence-corrected chi connectivity index (χ3v) is 8.24. The number of nitrogens with zero attached hydrogens (tertiary/aromatic N) is 5. The molecule has 37 heavy (non-hydrogen) atoms. The Morgan fingerprint density at radius 3 is 2.59 bits per heavy atom. The number of piperazine rings is 1. The van der Waals surface area contributed by atoms with E-state index in [4.69, 9.17) is 0 Å². The number of aryl methyl sites for hydroxylation is 2. The second-order valence-corrected chi connectivity index (χ2v) is 10.9. The van der Waals surface area contributed by atoms with Crippen LogP contribution in [0.15, 0.2) is 24.4 Å². The normalized spacial score (nSPS) is 22.0. The molecule has 0 atom stereocenters. The van der Waals surface area contributed by atoms with Gasteiger partial charge in [0.25, 0.3) is 0 Å². The first-order chi connectivity index (χ1) is 17.9. The molecule has 9 nitrogen and oxygen atoms in total. The van der Waals surface area contributed by atoms with Gasteiger partial charge >= 0.3 is 6.03 Å². The molecule has 0 unspecified atom stereocenters. The van der Waals surface area contributed by atoms with E-state index in [0.29, 0.717) is 19.0 Å². The van der Waals surface area contributed by atoms with Crippen LogP contribution in [0, 0.1) is 18.8 Å². The molecule has 3 heterocycles. The zero-order valence-corrected chi connectivity index (χ0v) is 22.5. The highest BCUT2D eigenvalue weighted by Crippen LogP contribution is 2.39. The van der Waals surface area contributed by atoms with Crippen molar-refractivity contribution in [2.24, 2.45) is 18.9 Å². The predicted molar refractivity (Wildman–Crippen MR) is 146 cm³/mol. The Labute approximate surface area is 220 Å². The van der Waals surface area contributed by atoms with Crippen molar-refractivity contribution in [1.29, 1.82) is 0 Å². The molecule has 2 N–H and O–H groups in total. The van der Waals surface area contributed by atoms with Crippen LogP contribution < -0.4 is 15.5 Å². The molecule has 200 valence electrons. The standard InChI is InChI=1S/C28H41N7O2/c1-4-11-33-12-14-34(15-13-33)28(37)29-17-21-6-8-22(9-7-21)27(36)35-19-23-18-30-32(3)26(23)31-24-16-20(2)5-10-25(24)35/h5,10,16,18,21-22,31H,4,6-9,11-15,17,19H2,1-3H3,(H,29,37). The summed E-state index contributed by atoms with van der Waals surface area (Å²) < 4.78 is 1.83. The number of urea groups is 1. The predicted octanol–water partition coefficient (Wildman–Crippen LogP) is 3.86. The maximum atomic E-state index is 13.8. The van der Waals surface area contributed by atoms with Crippen LogP contribution in [0.1, 0.15) is 50.2 Å². The largest absolute Gasteiger partial charge is 0.338 e. The zero-order valence-electron chi connectivity index (χ0n) is 22.5. The third kappa shape index (κ3) is 5.61. The second-order valence-electron chi connectivity index (χ2n) is 10.9. The van der Waals surface area contributed by atoms with Crippen molar-refractivity contribution >= 4 is 29.1 Å². The second kappa shape index (κ2) is 11.1. The summed E-state index contributed by atoms with van der Waals surface area (Å²) in [6, 6.07) is 6.28. The molecule has 1 saturated carbocycles. The molecule has 5 rings (SSSR count). The molecule has 3 aliphatic rings. The van der Waals surface area contributed by atoms with Crippen molar-refractivity contribution < 1.29 is 9.59 Å². The van der Waals surface area contributed by atoms with Crippen LogP contribution in [0.4, 0.5) is 22.0 Å². The highest BCUT2D eigenvalue weighted by molar-refractivity contribution is 5.99. The number of nitrogens with one attached hydrogen (secondary N) is 2. The van der Waals surface area contributed by atoms with Gasteiger partial charge in [-0.15, -0.1) is 0 Å². The minimum Gasteiger partial charge on any atom is -0.338 e. The first kappa shape index (κ1) is 25.6. The number of benzene rings is 1. The van der Waals surface area contributed by atoms with Gasteiger partial charge in [0.1, 0.15) is 5.82 Å². The van der Waals surface area contributed by atoms with Crippen molar-refractivity contribution in [3.05, 3.63) is 35.5 Å². The Kier molecular flexibility index (Phi) is 7.69. The minimum atomic E-state index is 0.00553. The van der Waals surface area contributed by atoms with Crippen LogP contribution in [-0.4, -0.2) is 70.8 Å². The zero-order chi connectivity index (χ0) is 25.9. The number of carbonyl (C=O) groups excluding carboxylic acids is 2. The maximum absolute atomic E-state index is 13.8. The fourth-order valence-corrected chi connectivity index (χ4v) is 5.99. The van der Waals surface area contributed by atoms with Gasteiger partial charge < -0.3 is 20.4 Å². The van der Waals surface area contributed by atoms with Crippen molar-refractivity contribution in [1.82, 2.24) is 24.9 Å². The van der Waals surface area contributed by atoms with Gasteiger partial charge in [0, 0.05) is 51.3 Å². The van der Waals surface area contributed by atoms with E-state index >= 15 is 0 Å². The van der Waals surface area contributed by atoms with Gasteiger partial charge in [0.15, 0.2) is 0 Å². The number of aromatic nitrogens is 2. The molecule has 2 fully saturated rings. The summed E-state index contributed by atoms with van der Waals surface area (Å²) >= 11 is 0. The third-order valence-electron chi connectivity index (χ3n) is 8.24. The number of hydrogen-bond acceptors (Lipinski definition) is 5. The van der Waals surface area contributed by atoms with E-state index in [1.165, 1.54) is 0 Å². The molecule has 1 aliphatic carbocycles. The van der Waals surface area contributed by atoms with Gasteiger partial charge in [-0.2, -0.15) is 5.10 Å². The van der Waals surface area contributed by atoms with Crippen LogP contribution in [0.3, 0.4) is 0 Å². The van der Waals surface area contributed by atoms with Crippen molar-refractivity contribution in [2.45, 2.75) is 52.5 Å². The van der Waals surface area contributed by atoms with E-state index in [9.17, 15) is 9.59 Å². The molecular weight excluding hydrogens is 466 g/mol. The van der Waals surface area contributed by atoms with Crippen LogP contribution in [0.25, 0.3) is 0 Å². The Morgan fingerprint density at radius 1 is 1.11 bits per heavy atom. The minimum absolute atomic E-state index is 0.00553. The Hall–Kier alpha value is -3.07. The quantitative estimate of drug-likeness (QED) is 0.642. The van der Waals surface area contributed by atoms with E-state index in [-0.39, 0.29) is 17.9 Å². The lowest BCUT2D eigenvalue weighted by atomic mass is 9.81. The number of hydrogen-bond donors (Lipinski definition) is 2. The van der Waals surface area contributed by atoms with Gasteiger partial charge in [-0.1, -0.05) is 13.0 Å². The summed E-state index contributed by atoms with van der Waals surface area (Å²) in [6.07, 6.45) is 6.66. The summed E-state index contributed by atoms with van der Waals surface area (Å²) in [4.78, 5) is 32.8. The molecular formula is C28H41N7O2. The number of anilines is 3. The highest BCUT2D eigenvalue weighted by atomic mass is 16.2. The smallest absolute Gasteiger partial charge is 0.317 e. The molecule has 9 heteroatoms. The lowest BCUT2D eigenvalue weighted by molar-refractivity contribution is -0.123. The summed E-state index contributed by atoms with van der Waals surface area (Å²) in [5.74, 6) is 1.57. The molecule has 2 aromatic rings. The lowest BCUT2D eigenvalue weighted by Gasteiger charge is -2.35. The number of rotatable bonds is 5. The molecule has 0 bridgehead atoms. The van der Waals surface area contributed by atoms with Gasteiger partial charge in [-0.05, 0) is 69.2 Å². The van der Waals surface area contributed by atoms with Gasteiger partial charge in [0.05, 0.1) is 24.1 Å². The highest BCUT2D eigenvalue weighted by Gasteiger charge is 2.33. The van der Waals surface area contributed by atoms with Crippen molar-refractivity contribution in [3.63, 3.8) is 0 Å². The van der Waals surface area contributed by atoms with E-state index in [0.717, 1.165) is 93.1 Å². The van der Waals surface area contributed by atoms with E-state index < -0.39 is 0 Å². The van der Waals surface area contributed by atoms with E-state index in [1.54, 1.807) is 0 Å². The number of fused-ring (bicyclic) bond motifs is 2. The molecule has 1 aromatic carbocycles. The van der Waals surface area contributed by atoms with Crippen molar-refractivity contribution in [3.8, 4) is 0 Å². The van der Waals surface area contributed by atoms with Crippen LogP contribution >= 0.6 is 0 Å². The monoisotopic (exact) mass is 507 g/mol.